The SMILES string of the molecule is Cc1cccc(N(C)CC(=O)NCc2c(C)nn(Cc3ccccc3)c2C)c1C. The van der Waals surface area contributed by atoms with Gasteiger partial charge in [0.15, 0.2) is 0 Å². The molecule has 0 aliphatic heterocycles. The van der Waals surface area contributed by atoms with Gasteiger partial charge in [-0.1, -0.05) is 42.5 Å². The van der Waals surface area contributed by atoms with Gasteiger partial charge in [0.1, 0.15) is 0 Å². The van der Waals surface area contributed by atoms with E-state index in [1.165, 1.54) is 16.7 Å². The fourth-order valence-corrected chi connectivity index (χ4v) is 3.59. The van der Waals surface area contributed by atoms with Crippen LogP contribution in [0, 0.1) is 27.7 Å². The summed E-state index contributed by atoms with van der Waals surface area (Å²) in [5, 5.41) is 7.73. The number of anilines is 1. The highest BCUT2D eigenvalue weighted by molar-refractivity contribution is 5.81. The number of aromatic nitrogens is 2. The maximum absolute atomic E-state index is 12.5. The van der Waals surface area contributed by atoms with Gasteiger partial charge in [-0.05, 0) is 50.5 Å². The molecule has 3 aromatic rings. The minimum absolute atomic E-state index is 0.00279. The van der Waals surface area contributed by atoms with Gasteiger partial charge in [0.05, 0.1) is 18.8 Å². The van der Waals surface area contributed by atoms with E-state index in [2.05, 4.69) is 55.5 Å². The Bertz CT molecular complexity index is 992. The zero-order valence-electron chi connectivity index (χ0n) is 18.0. The van der Waals surface area contributed by atoms with Crippen LogP contribution in [0.3, 0.4) is 0 Å². The quantitative estimate of drug-likeness (QED) is 0.665. The number of likely N-dealkylation sites (N-methyl/N-ethyl adjacent to an activating group) is 1. The number of hydrogen-bond acceptors (Lipinski definition) is 3. The summed E-state index contributed by atoms with van der Waals surface area (Å²) < 4.78 is 2.01. The number of aryl methyl sites for hydroxylation is 2. The van der Waals surface area contributed by atoms with E-state index in [1.807, 2.05) is 47.8 Å². The van der Waals surface area contributed by atoms with Crippen LogP contribution >= 0.6 is 0 Å². The molecule has 1 N–H and O–H groups in total. The number of nitrogens with zero attached hydrogens (tertiary/aromatic N) is 3. The highest BCUT2D eigenvalue weighted by atomic mass is 16.2. The third-order valence-corrected chi connectivity index (χ3v) is 5.54. The molecule has 0 aliphatic rings. The Kier molecular flexibility index (Phi) is 6.37. The summed E-state index contributed by atoms with van der Waals surface area (Å²) in [5.41, 5.74) is 7.87. The van der Waals surface area contributed by atoms with Crippen molar-refractivity contribution in [3.05, 3.63) is 82.2 Å². The average Bonchev–Trinajstić information content (AvgIpc) is 2.96. The monoisotopic (exact) mass is 390 g/mol. The molecule has 0 bridgehead atoms. The van der Waals surface area contributed by atoms with E-state index in [0.717, 1.165) is 29.2 Å². The van der Waals surface area contributed by atoms with E-state index in [4.69, 9.17) is 0 Å². The van der Waals surface area contributed by atoms with Crippen molar-refractivity contribution in [3.8, 4) is 0 Å². The first-order valence-corrected chi connectivity index (χ1v) is 9.97. The van der Waals surface area contributed by atoms with Crippen LogP contribution in [-0.2, 0) is 17.9 Å². The van der Waals surface area contributed by atoms with Crippen LogP contribution in [0.25, 0.3) is 0 Å². The van der Waals surface area contributed by atoms with Gasteiger partial charge in [-0.3, -0.25) is 9.48 Å². The predicted octanol–water partition coefficient (Wildman–Crippen LogP) is 3.92. The Hall–Kier alpha value is -3.08. The molecule has 0 aliphatic carbocycles. The van der Waals surface area contributed by atoms with Gasteiger partial charge < -0.3 is 10.2 Å². The van der Waals surface area contributed by atoms with E-state index < -0.39 is 0 Å². The molecule has 1 heterocycles. The lowest BCUT2D eigenvalue weighted by Crippen LogP contribution is -2.35. The number of amides is 1. The second-order valence-electron chi connectivity index (χ2n) is 7.64. The molecule has 5 nitrogen and oxygen atoms in total. The van der Waals surface area contributed by atoms with Crippen molar-refractivity contribution in [1.29, 1.82) is 0 Å². The van der Waals surface area contributed by atoms with Gasteiger partial charge in [-0.2, -0.15) is 5.10 Å². The van der Waals surface area contributed by atoms with Crippen LogP contribution in [0.4, 0.5) is 5.69 Å². The summed E-state index contributed by atoms with van der Waals surface area (Å²) in [6, 6.07) is 16.5. The van der Waals surface area contributed by atoms with E-state index in [1.54, 1.807) is 0 Å². The molecule has 29 heavy (non-hydrogen) atoms. The van der Waals surface area contributed by atoms with Crippen LogP contribution in [-0.4, -0.2) is 29.3 Å². The van der Waals surface area contributed by atoms with Crippen LogP contribution in [0.2, 0.25) is 0 Å². The van der Waals surface area contributed by atoms with Crippen LogP contribution < -0.4 is 10.2 Å². The van der Waals surface area contributed by atoms with Crippen molar-refractivity contribution < 1.29 is 4.79 Å². The molecular weight excluding hydrogens is 360 g/mol. The number of rotatable bonds is 7. The van der Waals surface area contributed by atoms with Crippen molar-refractivity contribution >= 4 is 11.6 Å². The molecule has 0 saturated carbocycles. The normalized spacial score (nSPS) is 10.8. The summed E-state index contributed by atoms with van der Waals surface area (Å²) in [6.07, 6.45) is 0. The minimum Gasteiger partial charge on any atom is -0.365 e. The van der Waals surface area contributed by atoms with Crippen LogP contribution in [0.5, 0.6) is 0 Å². The van der Waals surface area contributed by atoms with Crippen molar-refractivity contribution in [2.45, 2.75) is 40.8 Å². The molecular formula is C24H30N4O. The third-order valence-electron chi connectivity index (χ3n) is 5.54. The maximum Gasteiger partial charge on any atom is 0.239 e. The fraction of sp³-hybridized carbons (Fsp3) is 0.333. The summed E-state index contributed by atoms with van der Waals surface area (Å²) in [5.74, 6) is 0.00279. The largest absolute Gasteiger partial charge is 0.365 e. The van der Waals surface area contributed by atoms with Gasteiger partial charge in [-0.25, -0.2) is 0 Å². The standard InChI is InChI=1S/C24H30N4O/c1-17-10-9-13-23(18(17)2)27(5)16-24(29)25-14-22-19(3)26-28(20(22)4)15-21-11-7-6-8-12-21/h6-13H,14-16H2,1-5H3,(H,25,29). The number of nitrogens with one attached hydrogen (secondary N) is 1. The van der Waals surface area contributed by atoms with Crippen molar-refractivity contribution in [3.63, 3.8) is 0 Å². The molecule has 0 fully saturated rings. The molecule has 0 radical (unpaired) electrons. The van der Waals surface area contributed by atoms with Crippen LogP contribution in [0.1, 0.15) is 33.6 Å². The van der Waals surface area contributed by atoms with Gasteiger partial charge >= 0.3 is 0 Å². The van der Waals surface area contributed by atoms with Crippen molar-refractivity contribution in [2.24, 2.45) is 0 Å². The number of carbonyl (C=O) groups is 1. The Balaban J connectivity index is 1.62. The van der Waals surface area contributed by atoms with E-state index in [-0.39, 0.29) is 5.91 Å². The van der Waals surface area contributed by atoms with E-state index in [0.29, 0.717) is 13.1 Å². The molecule has 0 atom stereocenters. The Morgan fingerprint density at radius 3 is 2.48 bits per heavy atom. The first-order valence-electron chi connectivity index (χ1n) is 9.97. The highest BCUT2D eigenvalue weighted by Gasteiger charge is 2.14. The molecule has 1 aromatic heterocycles. The lowest BCUT2D eigenvalue weighted by atomic mass is 10.1. The molecule has 2 aromatic carbocycles. The number of hydrogen-bond donors (Lipinski definition) is 1. The first kappa shape index (κ1) is 20.6. The molecule has 1 amide bonds. The van der Waals surface area contributed by atoms with Gasteiger partial charge in [0.2, 0.25) is 5.91 Å². The topological polar surface area (TPSA) is 50.2 Å². The Morgan fingerprint density at radius 2 is 1.76 bits per heavy atom. The second kappa shape index (κ2) is 8.95. The Morgan fingerprint density at radius 1 is 1.03 bits per heavy atom. The Labute approximate surface area is 173 Å². The predicted molar refractivity (Wildman–Crippen MR) is 118 cm³/mol. The van der Waals surface area contributed by atoms with Crippen LogP contribution in [0.15, 0.2) is 48.5 Å². The van der Waals surface area contributed by atoms with Crippen molar-refractivity contribution in [1.82, 2.24) is 15.1 Å². The first-order chi connectivity index (χ1) is 13.9. The summed E-state index contributed by atoms with van der Waals surface area (Å²) in [7, 11) is 1.95. The molecule has 152 valence electrons. The number of carbonyl (C=O) groups excluding carboxylic acids is 1. The van der Waals surface area contributed by atoms with Gasteiger partial charge in [0, 0.05) is 30.5 Å². The van der Waals surface area contributed by atoms with Crippen molar-refractivity contribution in [2.75, 3.05) is 18.5 Å². The lowest BCUT2D eigenvalue weighted by Gasteiger charge is -2.22. The molecule has 3 rings (SSSR count). The minimum atomic E-state index is 0.00279. The number of benzene rings is 2. The zero-order chi connectivity index (χ0) is 21.0. The lowest BCUT2D eigenvalue weighted by molar-refractivity contribution is -0.119. The average molecular weight is 391 g/mol. The third kappa shape index (κ3) is 4.86. The maximum atomic E-state index is 12.5. The summed E-state index contributed by atoms with van der Waals surface area (Å²) >= 11 is 0. The molecule has 0 spiro atoms. The molecule has 0 unspecified atom stereocenters. The van der Waals surface area contributed by atoms with E-state index >= 15 is 0 Å². The second-order valence-corrected chi connectivity index (χ2v) is 7.64. The summed E-state index contributed by atoms with van der Waals surface area (Å²) in [6.45, 7) is 9.78. The van der Waals surface area contributed by atoms with Gasteiger partial charge in [-0.15, -0.1) is 0 Å². The summed E-state index contributed by atoms with van der Waals surface area (Å²) in [4.78, 5) is 14.5. The fourth-order valence-electron chi connectivity index (χ4n) is 3.59. The van der Waals surface area contributed by atoms with Gasteiger partial charge in [0.25, 0.3) is 0 Å². The van der Waals surface area contributed by atoms with E-state index in [9.17, 15) is 4.79 Å². The molecule has 5 heteroatoms. The highest BCUT2D eigenvalue weighted by Crippen LogP contribution is 2.21. The zero-order valence-corrected chi connectivity index (χ0v) is 18.0. The molecule has 0 saturated heterocycles. The smallest absolute Gasteiger partial charge is 0.239 e.